The van der Waals surface area contributed by atoms with Gasteiger partial charge in [-0.05, 0) is 43.7 Å². The fraction of sp³-hybridized carbons (Fsp3) is 0.375. The van der Waals surface area contributed by atoms with Crippen LogP contribution in [0.4, 0.5) is 4.39 Å². The van der Waals surface area contributed by atoms with Crippen LogP contribution in [0.25, 0.3) is 0 Å². The maximum Gasteiger partial charge on any atom is 0.342 e. The lowest BCUT2D eigenvalue weighted by Gasteiger charge is -2.45. The van der Waals surface area contributed by atoms with Crippen LogP contribution >= 0.6 is 0 Å². The van der Waals surface area contributed by atoms with Gasteiger partial charge >= 0.3 is 5.97 Å². The molecule has 1 heterocycles. The molecule has 0 unspecified atom stereocenters. The number of aliphatic hydroxyl groups is 1. The molecule has 1 saturated heterocycles. The minimum atomic E-state index is -0.575. The highest BCUT2D eigenvalue weighted by atomic mass is 19.1. The largest absolute Gasteiger partial charge is 0.477 e. The number of benzene rings is 2. The van der Waals surface area contributed by atoms with E-state index in [4.69, 9.17) is 14.6 Å². The van der Waals surface area contributed by atoms with Crippen molar-refractivity contribution in [3.05, 3.63) is 71.2 Å². The zero-order valence-electron chi connectivity index (χ0n) is 18.2. The highest BCUT2D eigenvalue weighted by Crippen LogP contribution is 2.26. The normalized spacial score (nSPS) is 18.9. The summed E-state index contributed by atoms with van der Waals surface area (Å²) in [7, 11) is 0. The second kappa shape index (κ2) is 10.9. The first-order valence-electron chi connectivity index (χ1n) is 10.4. The van der Waals surface area contributed by atoms with Crippen LogP contribution in [0, 0.1) is 5.82 Å². The van der Waals surface area contributed by atoms with E-state index in [0.717, 1.165) is 5.56 Å². The smallest absolute Gasteiger partial charge is 0.342 e. The van der Waals surface area contributed by atoms with Crippen LogP contribution in [0.5, 0.6) is 5.75 Å². The molecule has 1 aliphatic rings. The zero-order valence-corrected chi connectivity index (χ0v) is 18.2. The van der Waals surface area contributed by atoms with E-state index in [9.17, 15) is 14.0 Å². The number of esters is 1. The Balaban J connectivity index is 1.69. The summed E-state index contributed by atoms with van der Waals surface area (Å²) < 4.78 is 24.1. The number of carbonyl (C=O) groups excluding carboxylic acids is 2. The van der Waals surface area contributed by atoms with E-state index in [-0.39, 0.29) is 43.4 Å². The Morgan fingerprint density at radius 2 is 1.91 bits per heavy atom. The van der Waals surface area contributed by atoms with Crippen LogP contribution in [-0.4, -0.2) is 65.4 Å². The molecule has 0 radical (unpaired) electrons. The lowest BCUT2D eigenvalue weighted by Crippen LogP contribution is -2.55. The highest BCUT2D eigenvalue weighted by molar-refractivity contribution is 5.92. The van der Waals surface area contributed by atoms with Crippen LogP contribution in [-0.2, 0) is 16.1 Å². The summed E-state index contributed by atoms with van der Waals surface area (Å²) in [5.74, 6) is 1.55. The first-order valence-corrected chi connectivity index (χ1v) is 10.4. The number of nitrogens with zero attached hydrogens (tertiary/aromatic N) is 2. The molecule has 0 saturated carbocycles. The van der Waals surface area contributed by atoms with E-state index in [1.165, 1.54) is 12.1 Å². The van der Waals surface area contributed by atoms with Crippen LogP contribution in [0.1, 0.15) is 29.8 Å². The summed E-state index contributed by atoms with van der Waals surface area (Å²) in [6.07, 6.45) is 0. The Bertz CT molecular complexity index is 975. The molecule has 0 spiro atoms. The molecule has 170 valence electrons. The topological polar surface area (TPSA) is 79.3 Å². The van der Waals surface area contributed by atoms with Gasteiger partial charge in [-0.25, -0.2) is 14.0 Å². The second-order valence-corrected chi connectivity index (χ2v) is 7.67. The predicted molar refractivity (Wildman–Crippen MR) is 116 cm³/mol. The van der Waals surface area contributed by atoms with Crippen molar-refractivity contribution in [3.63, 3.8) is 0 Å². The molecule has 32 heavy (non-hydrogen) atoms. The number of carbonyl (C=O) groups is 1. The summed E-state index contributed by atoms with van der Waals surface area (Å²) in [5, 5.41) is 8.86. The summed E-state index contributed by atoms with van der Waals surface area (Å²) in [6, 6.07) is 12.7. The average molecular weight is 442 g/mol. The molecule has 0 bridgehead atoms. The SMILES string of the molecule is C[C@@H]1C(=C=O)N(Cc2ccc(F)cc2)[C@@H](C)CN1COc1ccccc1C(=O)OCCO. The summed E-state index contributed by atoms with van der Waals surface area (Å²) in [6.45, 7) is 4.80. The Kier molecular flexibility index (Phi) is 8.00. The fourth-order valence-corrected chi connectivity index (χ4v) is 3.71. The standard InChI is InChI=1S/C24H27FN2O5/c1-17-13-26(16-32-23-6-4-3-5-21(23)24(30)31-12-11-28)18(2)22(15-29)27(17)14-19-7-9-20(25)10-8-19/h3-10,17-18,28H,11-14,16H2,1-2H3/t17-,18+/m0/s1. The predicted octanol–water partition coefficient (Wildman–Crippen LogP) is 2.62. The summed E-state index contributed by atoms with van der Waals surface area (Å²) >= 11 is 0. The van der Waals surface area contributed by atoms with Crippen molar-refractivity contribution < 1.29 is 28.6 Å². The molecular formula is C24H27FN2O5. The monoisotopic (exact) mass is 442 g/mol. The minimum Gasteiger partial charge on any atom is -0.477 e. The quantitative estimate of drug-likeness (QED) is 0.497. The first kappa shape index (κ1) is 23.5. The minimum absolute atomic E-state index is 0.0129. The van der Waals surface area contributed by atoms with Gasteiger partial charge in [-0.3, -0.25) is 4.90 Å². The molecule has 0 amide bonds. The van der Waals surface area contributed by atoms with Crippen LogP contribution in [0.2, 0.25) is 0 Å². The van der Waals surface area contributed by atoms with Gasteiger partial charge in [0, 0.05) is 19.1 Å². The van der Waals surface area contributed by atoms with Crippen LogP contribution < -0.4 is 4.74 Å². The molecule has 2 aromatic rings. The van der Waals surface area contributed by atoms with E-state index in [1.807, 2.05) is 23.6 Å². The number of hydrogen-bond donors (Lipinski definition) is 1. The van der Waals surface area contributed by atoms with Gasteiger partial charge in [0.25, 0.3) is 0 Å². The van der Waals surface area contributed by atoms with Gasteiger partial charge < -0.3 is 19.5 Å². The van der Waals surface area contributed by atoms with Gasteiger partial charge in [-0.2, -0.15) is 0 Å². The van der Waals surface area contributed by atoms with Crippen molar-refractivity contribution in [2.45, 2.75) is 32.5 Å². The highest BCUT2D eigenvalue weighted by Gasteiger charge is 2.34. The Morgan fingerprint density at radius 1 is 1.19 bits per heavy atom. The maximum atomic E-state index is 13.2. The van der Waals surface area contributed by atoms with E-state index in [0.29, 0.717) is 24.5 Å². The van der Waals surface area contributed by atoms with Gasteiger partial charge in [-0.1, -0.05) is 24.3 Å². The van der Waals surface area contributed by atoms with Crippen molar-refractivity contribution in [1.29, 1.82) is 0 Å². The number of ether oxygens (including phenoxy) is 2. The van der Waals surface area contributed by atoms with Crippen molar-refractivity contribution >= 4 is 11.9 Å². The van der Waals surface area contributed by atoms with Crippen molar-refractivity contribution in [3.8, 4) is 5.75 Å². The average Bonchev–Trinajstić information content (AvgIpc) is 2.80. The molecular weight excluding hydrogens is 415 g/mol. The number of hydrogen-bond acceptors (Lipinski definition) is 7. The Labute approximate surface area is 186 Å². The molecule has 2 atom stereocenters. The molecule has 8 heteroatoms. The number of aliphatic hydroxyl groups excluding tert-OH is 1. The van der Waals surface area contributed by atoms with Crippen LogP contribution in [0.3, 0.4) is 0 Å². The maximum absolute atomic E-state index is 13.2. The number of rotatable bonds is 8. The van der Waals surface area contributed by atoms with Crippen molar-refractivity contribution in [2.24, 2.45) is 0 Å². The number of para-hydroxylation sites is 1. The molecule has 3 rings (SSSR count). The lowest BCUT2D eigenvalue weighted by atomic mass is 10.0. The van der Waals surface area contributed by atoms with Gasteiger partial charge in [0.2, 0.25) is 0 Å². The second-order valence-electron chi connectivity index (χ2n) is 7.67. The summed E-state index contributed by atoms with van der Waals surface area (Å²) in [4.78, 5) is 28.0. The molecule has 2 aromatic carbocycles. The van der Waals surface area contributed by atoms with E-state index in [1.54, 1.807) is 36.4 Å². The lowest BCUT2D eigenvalue weighted by molar-refractivity contribution is 0.0265. The van der Waals surface area contributed by atoms with Gasteiger partial charge in [-0.15, -0.1) is 0 Å². The van der Waals surface area contributed by atoms with Crippen LogP contribution in [0.15, 0.2) is 54.2 Å². The molecule has 1 N–H and O–H groups in total. The molecule has 0 aliphatic carbocycles. The number of piperazine rings is 1. The van der Waals surface area contributed by atoms with Gasteiger partial charge in [0.15, 0.2) is 0 Å². The molecule has 1 aliphatic heterocycles. The van der Waals surface area contributed by atoms with E-state index < -0.39 is 5.97 Å². The number of halogens is 1. The first-order chi connectivity index (χ1) is 15.4. The molecule has 1 fully saturated rings. The van der Waals surface area contributed by atoms with E-state index >= 15 is 0 Å². The molecule has 0 aromatic heterocycles. The fourth-order valence-electron chi connectivity index (χ4n) is 3.71. The third-order valence-electron chi connectivity index (χ3n) is 5.47. The molecule has 7 nitrogen and oxygen atoms in total. The Morgan fingerprint density at radius 3 is 2.59 bits per heavy atom. The van der Waals surface area contributed by atoms with E-state index in [2.05, 4.69) is 5.94 Å². The van der Waals surface area contributed by atoms with Gasteiger partial charge in [0.1, 0.15) is 42.1 Å². The van der Waals surface area contributed by atoms with Gasteiger partial charge in [0.05, 0.1) is 12.6 Å². The Hall–Kier alpha value is -3.19. The van der Waals surface area contributed by atoms with Crippen molar-refractivity contribution in [1.82, 2.24) is 9.80 Å². The zero-order chi connectivity index (χ0) is 23.1. The third kappa shape index (κ3) is 5.53. The van der Waals surface area contributed by atoms with Crippen molar-refractivity contribution in [2.75, 3.05) is 26.5 Å². The third-order valence-corrected chi connectivity index (χ3v) is 5.47. The summed E-state index contributed by atoms with van der Waals surface area (Å²) in [5.41, 5.74) is 1.66.